The maximum atomic E-state index is 9.64. The molecule has 1 heterocycles. The average Bonchev–Trinajstić information content (AvgIpc) is 3.66. The summed E-state index contributed by atoms with van der Waals surface area (Å²) in [5, 5.41) is 5.45. The van der Waals surface area contributed by atoms with Gasteiger partial charge < -0.3 is 9.32 Å². The number of furan rings is 1. The predicted octanol–water partition coefficient (Wildman–Crippen LogP) is 14.4. The SMILES string of the molecule is [2H]c1c([2H])c(N(c2ccccc2-c2ccc3oc4c5ccccc5ccc4c3c2)c2c([2H])c([2H])c(-c3cccc4ccccc34)c([2H])c2[2H])c([2H])c([2H])c1-c1ccccc1. The van der Waals surface area contributed by atoms with E-state index in [1.54, 1.807) is 42.5 Å². The van der Waals surface area contributed by atoms with Gasteiger partial charge in [-0.3, -0.25) is 0 Å². The summed E-state index contributed by atoms with van der Waals surface area (Å²) in [5.74, 6) is 0. The molecule has 0 aliphatic rings. The second-order valence-electron chi connectivity index (χ2n) is 12.7. The zero-order valence-corrected chi connectivity index (χ0v) is 27.8. The summed E-state index contributed by atoms with van der Waals surface area (Å²) in [5.41, 5.74) is 3.92. The highest BCUT2D eigenvalue weighted by atomic mass is 16.3. The molecule has 1 aromatic heterocycles. The summed E-state index contributed by atoms with van der Waals surface area (Å²) in [7, 11) is 0. The van der Waals surface area contributed by atoms with Crippen molar-refractivity contribution in [3.8, 4) is 33.4 Å². The number of benzene rings is 9. The van der Waals surface area contributed by atoms with Crippen molar-refractivity contribution < 1.29 is 15.4 Å². The van der Waals surface area contributed by atoms with Gasteiger partial charge in [-0.1, -0.05) is 152 Å². The number of para-hydroxylation sites is 1. The van der Waals surface area contributed by atoms with Crippen molar-refractivity contribution in [2.24, 2.45) is 0 Å². The Balaban J connectivity index is 1.26. The van der Waals surface area contributed by atoms with E-state index < -0.39 is 24.2 Å². The van der Waals surface area contributed by atoms with E-state index in [9.17, 15) is 11.0 Å². The Bertz CT molecular complexity index is 3320. The van der Waals surface area contributed by atoms with E-state index in [-0.39, 0.29) is 46.7 Å². The van der Waals surface area contributed by atoms with E-state index in [0.717, 1.165) is 43.5 Å². The minimum absolute atomic E-state index is 0.109. The fraction of sp³-hybridized carbons (Fsp3) is 0. The molecule has 244 valence electrons. The Labute approximate surface area is 313 Å². The Morgan fingerprint density at radius 1 is 0.385 bits per heavy atom. The zero-order valence-electron chi connectivity index (χ0n) is 35.8. The van der Waals surface area contributed by atoms with Crippen molar-refractivity contribution in [2.45, 2.75) is 0 Å². The van der Waals surface area contributed by atoms with E-state index in [0.29, 0.717) is 28.0 Å². The van der Waals surface area contributed by atoms with Gasteiger partial charge in [0.1, 0.15) is 11.2 Å². The monoisotopic (exact) mass is 671 g/mol. The molecule has 2 nitrogen and oxygen atoms in total. The van der Waals surface area contributed by atoms with Crippen molar-refractivity contribution in [1.29, 1.82) is 0 Å². The van der Waals surface area contributed by atoms with E-state index in [2.05, 4.69) is 6.07 Å². The lowest BCUT2D eigenvalue weighted by atomic mass is 9.97. The number of hydrogen-bond acceptors (Lipinski definition) is 2. The van der Waals surface area contributed by atoms with E-state index in [1.807, 2.05) is 103 Å². The normalized spacial score (nSPS) is 13.6. The van der Waals surface area contributed by atoms with Crippen molar-refractivity contribution >= 4 is 60.5 Å². The third-order valence-corrected chi connectivity index (χ3v) is 9.61. The van der Waals surface area contributed by atoms with Crippen LogP contribution in [-0.4, -0.2) is 0 Å². The molecule has 2 heteroatoms. The molecule has 0 unspecified atom stereocenters. The van der Waals surface area contributed by atoms with Crippen molar-refractivity contribution in [1.82, 2.24) is 0 Å². The van der Waals surface area contributed by atoms with Crippen LogP contribution in [0.4, 0.5) is 17.1 Å². The molecule has 0 amide bonds. The highest BCUT2D eigenvalue weighted by Gasteiger charge is 2.19. The molecule has 0 spiro atoms. The Morgan fingerprint density at radius 2 is 1.00 bits per heavy atom. The maximum absolute atomic E-state index is 9.64. The third-order valence-electron chi connectivity index (χ3n) is 9.61. The number of hydrogen-bond donors (Lipinski definition) is 0. The van der Waals surface area contributed by atoms with Crippen LogP contribution < -0.4 is 4.90 Å². The van der Waals surface area contributed by atoms with Crippen LogP contribution in [0.1, 0.15) is 11.0 Å². The molecule has 0 bridgehead atoms. The van der Waals surface area contributed by atoms with Crippen LogP contribution in [0, 0.1) is 0 Å². The van der Waals surface area contributed by atoms with Gasteiger partial charge in [0.2, 0.25) is 0 Å². The van der Waals surface area contributed by atoms with Gasteiger partial charge in [-0.2, -0.15) is 0 Å². The maximum Gasteiger partial charge on any atom is 0.143 e. The lowest BCUT2D eigenvalue weighted by Gasteiger charge is -2.28. The van der Waals surface area contributed by atoms with Crippen LogP contribution >= 0.6 is 0 Å². The first-order valence-electron chi connectivity index (χ1n) is 21.1. The largest absolute Gasteiger partial charge is 0.455 e. The first-order valence-corrected chi connectivity index (χ1v) is 17.1. The van der Waals surface area contributed by atoms with E-state index in [1.165, 1.54) is 4.90 Å². The fourth-order valence-corrected chi connectivity index (χ4v) is 7.10. The molecule has 0 aliphatic heterocycles. The smallest absolute Gasteiger partial charge is 0.143 e. The van der Waals surface area contributed by atoms with Crippen LogP contribution in [0.15, 0.2) is 204 Å². The molecular weight excluding hydrogens is 631 g/mol. The van der Waals surface area contributed by atoms with Crippen molar-refractivity contribution in [3.63, 3.8) is 0 Å². The Morgan fingerprint density at radius 3 is 1.79 bits per heavy atom. The summed E-state index contributed by atoms with van der Waals surface area (Å²) in [6.07, 6.45) is 0. The number of rotatable bonds is 6. The zero-order chi connectivity index (χ0) is 41.4. The van der Waals surface area contributed by atoms with Crippen LogP contribution in [0.5, 0.6) is 0 Å². The molecule has 10 rings (SSSR count). The van der Waals surface area contributed by atoms with Gasteiger partial charge in [0.15, 0.2) is 0 Å². The molecule has 0 N–H and O–H groups in total. The highest BCUT2D eigenvalue weighted by Crippen LogP contribution is 2.44. The third kappa shape index (κ3) is 5.12. The van der Waals surface area contributed by atoms with E-state index >= 15 is 0 Å². The molecule has 0 saturated heterocycles. The topological polar surface area (TPSA) is 16.4 Å². The average molecular weight is 672 g/mol. The Hall–Kier alpha value is -6.90. The van der Waals surface area contributed by atoms with Crippen molar-refractivity contribution in [2.75, 3.05) is 4.90 Å². The molecular formula is C50H33NO. The van der Waals surface area contributed by atoms with Gasteiger partial charge in [-0.15, -0.1) is 0 Å². The number of anilines is 3. The predicted molar refractivity (Wildman–Crippen MR) is 220 cm³/mol. The molecule has 0 atom stereocenters. The summed E-state index contributed by atoms with van der Waals surface area (Å²) in [6.45, 7) is 0. The molecule has 10 aromatic rings. The summed E-state index contributed by atoms with van der Waals surface area (Å²) < 4.78 is 82.2. The number of nitrogens with zero attached hydrogens (tertiary/aromatic N) is 1. The second-order valence-corrected chi connectivity index (χ2v) is 12.7. The lowest BCUT2D eigenvalue weighted by molar-refractivity contribution is 0.672. The molecule has 0 radical (unpaired) electrons. The molecule has 0 aliphatic carbocycles. The molecule has 52 heavy (non-hydrogen) atoms. The first-order chi connectivity index (χ1) is 29.1. The number of fused-ring (bicyclic) bond motifs is 6. The van der Waals surface area contributed by atoms with Crippen LogP contribution in [0.25, 0.3) is 76.9 Å². The summed E-state index contributed by atoms with van der Waals surface area (Å²) >= 11 is 0. The Kier molecular flexibility index (Phi) is 5.45. The van der Waals surface area contributed by atoms with Gasteiger partial charge in [0.25, 0.3) is 0 Å². The molecule has 0 fully saturated rings. The lowest BCUT2D eigenvalue weighted by Crippen LogP contribution is -2.11. The van der Waals surface area contributed by atoms with Gasteiger partial charge in [-0.05, 0) is 92.4 Å². The van der Waals surface area contributed by atoms with Crippen molar-refractivity contribution in [3.05, 3.63) is 200 Å². The van der Waals surface area contributed by atoms with Crippen LogP contribution in [-0.2, 0) is 0 Å². The van der Waals surface area contributed by atoms with E-state index in [4.69, 9.17) is 4.42 Å². The second kappa shape index (κ2) is 12.5. The summed E-state index contributed by atoms with van der Waals surface area (Å²) in [4.78, 5) is 1.38. The van der Waals surface area contributed by atoms with Gasteiger partial charge in [0, 0.05) is 33.1 Å². The molecule has 9 aromatic carbocycles. The van der Waals surface area contributed by atoms with Gasteiger partial charge >= 0.3 is 0 Å². The summed E-state index contributed by atoms with van der Waals surface area (Å²) in [6, 6.07) is 44.2. The minimum atomic E-state index is -0.402. The van der Waals surface area contributed by atoms with Gasteiger partial charge in [0.05, 0.1) is 16.7 Å². The quantitative estimate of drug-likeness (QED) is 0.175. The van der Waals surface area contributed by atoms with Crippen LogP contribution in [0.3, 0.4) is 0 Å². The first kappa shape index (κ1) is 22.7. The molecule has 0 saturated carbocycles. The van der Waals surface area contributed by atoms with Crippen LogP contribution in [0.2, 0.25) is 0 Å². The minimum Gasteiger partial charge on any atom is -0.455 e. The van der Waals surface area contributed by atoms with Gasteiger partial charge in [-0.25, -0.2) is 0 Å². The fourth-order valence-electron chi connectivity index (χ4n) is 7.10. The standard InChI is InChI=1S/C50H33NO/c1-2-11-34(12-3-1)35-21-27-40(28-22-35)51(41-29-23-38(24-30-41)43-19-10-15-36-13-4-6-16-42(36)43)48-20-9-8-17-44(48)39-26-32-49-47(33-39)46-31-25-37-14-5-7-18-45(37)50(46)52-49/h1-33H/i21D,22D,23D,24D,27D,28D,29D,30D. The highest BCUT2D eigenvalue weighted by molar-refractivity contribution is 6.15.